The number of rotatable bonds is 5. The van der Waals surface area contributed by atoms with Gasteiger partial charge in [-0.3, -0.25) is 0 Å². The molecule has 0 radical (unpaired) electrons. The topological polar surface area (TPSA) is 58.6 Å². The summed E-state index contributed by atoms with van der Waals surface area (Å²) < 4.78 is 6.08. The van der Waals surface area contributed by atoms with Crippen LogP contribution in [-0.4, -0.2) is 18.2 Å². The monoisotopic (exact) mass is 341 g/mol. The molecule has 1 aromatic carbocycles. The summed E-state index contributed by atoms with van der Waals surface area (Å²) in [6.45, 7) is 0. The highest BCUT2D eigenvalue weighted by Crippen LogP contribution is 2.31. The maximum atomic E-state index is 11.4. The molecule has 4 nitrogen and oxygen atoms in total. The molecule has 0 saturated heterocycles. The van der Waals surface area contributed by atoms with E-state index in [4.69, 9.17) is 4.74 Å². The number of carboxylic acid groups (broad SMARTS) is 1. The minimum absolute atomic E-state index is 0.615. The van der Waals surface area contributed by atoms with Gasteiger partial charge in [0.05, 0.1) is 12.8 Å². The number of aliphatic carboxylic acids is 1. The van der Waals surface area contributed by atoms with Gasteiger partial charge in [-0.1, -0.05) is 12.1 Å². The number of benzene rings is 1. The molecule has 1 heterocycles. The number of ether oxygens (including phenoxy) is 1. The summed E-state index contributed by atoms with van der Waals surface area (Å²) in [5.74, 6) is -0.315. The van der Waals surface area contributed by atoms with Crippen LogP contribution in [0.2, 0.25) is 0 Å². The van der Waals surface area contributed by atoms with Gasteiger partial charge in [0.25, 0.3) is 0 Å². The van der Waals surface area contributed by atoms with Crippen molar-refractivity contribution >= 4 is 38.9 Å². The van der Waals surface area contributed by atoms with Crippen molar-refractivity contribution in [2.75, 3.05) is 12.4 Å². The van der Waals surface area contributed by atoms with Crippen LogP contribution in [0.5, 0.6) is 5.75 Å². The van der Waals surface area contributed by atoms with Gasteiger partial charge in [-0.05, 0) is 34.1 Å². The normalized spacial score (nSPS) is 11.9. The van der Waals surface area contributed by atoms with Gasteiger partial charge in [-0.2, -0.15) is 0 Å². The van der Waals surface area contributed by atoms with Crippen LogP contribution >= 0.6 is 27.3 Å². The molecule has 2 aromatic rings. The summed E-state index contributed by atoms with van der Waals surface area (Å²) in [5, 5.41) is 14.2. The first-order valence-electron chi connectivity index (χ1n) is 5.48. The van der Waals surface area contributed by atoms with Crippen molar-refractivity contribution in [1.29, 1.82) is 0 Å². The third-order valence-electron chi connectivity index (χ3n) is 2.53. The lowest BCUT2D eigenvalue weighted by molar-refractivity contribution is -0.138. The first kappa shape index (κ1) is 13.9. The van der Waals surface area contributed by atoms with Gasteiger partial charge in [0.15, 0.2) is 6.04 Å². The van der Waals surface area contributed by atoms with Gasteiger partial charge in [-0.15, -0.1) is 11.3 Å². The van der Waals surface area contributed by atoms with Crippen LogP contribution in [0.1, 0.15) is 10.9 Å². The lowest BCUT2D eigenvalue weighted by Crippen LogP contribution is -2.19. The third kappa shape index (κ3) is 3.27. The standard InChI is InChI=1S/C13H12BrNO3S/c1-18-10-5-3-2-4-9(10)15-12(13(16)17)11-6-8(14)7-19-11/h2-7,12,15H,1H3,(H,16,17). The molecule has 0 aliphatic carbocycles. The lowest BCUT2D eigenvalue weighted by Gasteiger charge is -2.16. The molecule has 1 unspecified atom stereocenters. The van der Waals surface area contributed by atoms with Crippen LogP contribution in [0.15, 0.2) is 40.2 Å². The van der Waals surface area contributed by atoms with Crippen molar-refractivity contribution in [3.63, 3.8) is 0 Å². The second kappa shape index (κ2) is 6.08. The Bertz CT molecular complexity index is 585. The van der Waals surface area contributed by atoms with Crippen molar-refractivity contribution in [1.82, 2.24) is 0 Å². The van der Waals surface area contributed by atoms with E-state index >= 15 is 0 Å². The number of halogens is 1. The molecule has 0 spiro atoms. The fraction of sp³-hybridized carbons (Fsp3) is 0.154. The van der Waals surface area contributed by atoms with Crippen LogP contribution in [0.4, 0.5) is 5.69 Å². The van der Waals surface area contributed by atoms with Crippen LogP contribution in [0.25, 0.3) is 0 Å². The maximum Gasteiger partial charge on any atom is 0.331 e. The Labute approximate surface area is 123 Å². The molecule has 0 amide bonds. The summed E-state index contributed by atoms with van der Waals surface area (Å²) in [6, 6.07) is 8.23. The second-order valence-corrected chi connectivity index (χ2v) is 5.64. The Morgan fingerprint density at radius 2 is 2.21 bits per heavy atom. The van der Waals surface area contributed by atoms with Gasteiger partial charge in [0, 0.05) is 14.7 Å². The number of nitrogens with one attached hydrogen (secondary N) is 1. The summed E-state index contributed by atoms with van der Waals surface area (Å²) in [4.78, 5) is 12.1. The van der Waals surface area contributed by atoms with E-state index in [0.29, 0.717) is 11.4 Å². The van der Waals surface area contributed by atoms with Gasteiger partial charge in [0.1, 0.15) is 5.75 Å². The zero-order valence-electron chi connectivity index (χ0n) is 10.1. The first-order chi connectivity index (χ1) is 9.11. The SMILES string of the molecule is COc1ccccc1NC(C(=O)O)c1cc(Br)cs1. The molecule has 100 valence electrons. The van der Waals surface area contributed by atoms with Crippen LogP contribution < -0.4 is 10.1 Å². The molecule has 0 fully saturated rings. The molecule has 0 aliphatic heterocycles. The molecule has 0 bridgehead atoms. The summed E-state index contributed by atoms with van der Waals surface area (Å²) >= 11 is 4.72. The Balaban J connectivity index is 2.29. The largest absolute Gasteiger partial charge is 0.495 e. The Morgan fingerprint density at radius 3 is 2.79 bits per heavy atom. The molecule has 1 aromatic heterocycles. The smallest absolute Gasteiger partial charge is 0.331 e. The fourth-order valence-corrected chi connectivity index (χ4v) is 3.14. The second-order valence-electron chi connectivity index (χ2n) is 3.78. The van der Waals surface area contributed by atoms with Crippen molar-refractivity contribution in [3.05, 3.63) is 45.1 Å². The van der Waals surface area contributed by atoms with E-state index in [1.54, 1.807) is 25.3 Å². The molecule has 19 heavy (non-hydrogen) atoms. The molecule has 0 aliphatic rings. The first-order valence-corrected chi connectivity index (χ1v) is 7.15. The van der Waals surface area contributed by atoms with Crippen molar-refractivity contribution in [2.24, 2.45) is 0 Å². The van der Waals surface area contributed by atoms with E-state index in [-0.39, 0.29) is 0 Å². The van der Waals surface area contributed by atoms with E-state index in [0.717, 1.165) is 9.35 Å². The van der Waals surface area contributed by atoms with Crippen molar-refractivity contribution in [2.45, 2.75) is 6.04 Å². The molecule has 2 rings (SSSR count). The van der Waals surface area contributed by atoms with Crippen LogP contribution in [-0.2, 0) is 4.79 Å². The number of hydrogen-bond acceptors (Lipinski definition) is 4. The molecule has 2 N–H and O–H groups in total. The highest BCUT2D eigenvalue weighted by atomic mass is 79.9. The van der Waals surface area contributed by atoms with Gasteiger partial charge in [-0.25, -0.2) is 4.79 Å². The quantitative estimate of drug-likeness (QED) is 0.869. The number of hydrogen-bond donors (Lipinski definition) is 2. The van der Waals surface area contributed by atoms with E-state index in [9.17, 15) is 9.90 Å². The van der Waals surface area contributed by atoms with Gasteiger partial charge >= 0.3 is 5.97 Å². The van der Waals surface area contributed by atoms with E-state index in [1.165, 1.54) is 11.3 Å². The average Bonchev–Trinajstić information content (AvgIpc) is 2.82. The number of thiophene rings is 1. The van der Waals surface area contributed by atoms with Crippen molar-refractivity contribution < 1.29 is 14.6 Å². The zero-order valence-corrected chi connectivity index (χ0v) is 12.5. The van der Waals surface area contributed by atoms with E-state index < -0.39 is 12.0 Å². The average molecular weight is 342 g/mol. The fourth-order valence-electron chi connectivity index (χ4n) is 1.65. The molecule has 1 atom stereocenters. The number of carbonyl (C=O) groups is 1. The number of anilines is 1. The van der Waals surface area contributed by atoms with E-state index in [1.807, 2.05) is 17.5 Å². The summed E-state index contributed by atoms with van der Waals surface area (Å²) in [6.07, 6.45) is 0. The molecular formula is C13H12BrNO3S. The summed E-state index contributed by atoms with van der Waals surface area (Å²) in [7, 11) is 1.55. The number of methoxy groups -OCH3 is 1. The lowest BCUT2D eigenvalue weighted by atomic mass is 10.2. The minimum Gasteiger partial charge on any atom is -0.495 e. The molecular weight excluding hydrogens is 330 g/mol. The van der Waals surface area contributed by atoms with Crippen LogP contribution in [0.3, 0.4) is 0 Å². The third-order valence-corrected chi connectivity index (χ3v) is 4.28. The highest BCUT2D eigenvalue weighted by Gasteiger charge is 2.22. The highest BCUT2D eigenvalue weighted by molar-refractivity contribution is 9.10. The van der Waals surface area contributed by atoms with Gasteiger partial charge < -0.3 is 15.2 Å². The predicted molar refractivity (Wildman–Crippen MR) is 79.0 cm³/mol. The molecule has 6 heteroatoms. The van der Waals surface area contributed by atoms with Gasteiger partial charge in [0.2, 0.25) is 0 Å². The summed E-state index contributed by atoms with van der Waals surface area (Å²) in [5.41, 5.74) is 0.655. The Morgan fingerprint density at radius 1 is 1.47 bits per heavy atom. The van der Waals surface area contributed by atoms with Crippen LogP contribution in [0, 0.1) is 0 Å². The Hall–Kier alpha value is -1.53. The van der Waals surface area contributed by atoms with E-state index in [2.05, 4.69) is 21.2 Å². The van der Waals surface area contributed by atoms with Crippen molar-refractivity contribution in [3.8, 4) is 5.75 Å². The zero-order chi connectivity index (χ0) is 13.8. The maximum absolute atomic E-state index is 11.4. The number of para-hydroxylation sites is 2. The Kier molecular flexibility index (Phi) is 4.44. The molecule has 0 saturated carbocycles. The predicted octanol–water partition coefficient (Wildman–Crippen LogP) is 3.76. The number of carboxylic acids is 1. The minimum atomic E-state index is -0.930.